The lowest BCUT2D eigenvalue weighted by Crippen LogP contribution is -2.45. The Morgan fingerprint density at radius 2 is 1.52 bits per heavy atom. The molecule has 27 heavy (non-hydrogen) atoms. The predicted octanol–water partition coefficient (Wildman–Crippen LogP) is 1.97. The molecule has 0 N–H and O–H groups in total. The molecule has 2 aliphatic rings. The highest BCUT2D eigenvalue weighted by Crippen LogP contribution is 2.22. The molecule has 0 spiro atoms. The van der Waals surface area contributed by atoms with Gasteiger partial charge in [0.1, 0.15) is 0 Å². The third-order valence-electron chi connectivity index (χ3n) is 5.53. The highest BCUT2D eigenvalue weighted by atomic mass is 32.2. The molecule has 1 aromatic carbocycles. The number of benzene rings is 1. The quantitative estimate of drug-likeness (QED) is 0.766. The highest BCUT2D eigenvalue weighted by molar-refractivity contribution is 7.88. The summed E-state index contributed by atoms with van der Waals surface area (Å²) in [6.45, 7) is 4.59. The molecule has 0 radical (unpaired) electrons. The van der Waals surface area contributed by atoms with E-state index in [9.17, 15) is 13.2 Å². The van der Waals surface area contributed by atoms with E-state index in [0.717, 1.165) is 44.3 Å². The third-order valence-corrected chi connectivity index (χ3v) is 6.83. The van der Waals surface area contributed by atoms with E-state index in [0.29, 0.717) is 19.5 Å². The number of piperidine rings is 2. The van der Waals surface area contributed by atoms with Gasteiger partial charge >= 0.3 is 0 Å². The van der Waals surface area contributed by atoms with Gasteiger partial charge in [0, 0.05) is 26.2 Å². The van der Waals surface area contributed by atoms with Crippen LogP contribution in [0.2, 0.25) is 0 Å². The number of aryl methyl sites for hydroxylation is 1. The number of nitrogens with zero attached hydrogens (tertiary/aromatic N) is 2. The van der Waals surface area contributed by atoms with Gasteiger partial charge in [0.15, 0.2) is 0 Å². The number of ether oxygens (including phenoxy) is 1. The molecule has 6 nitrogen and oxygen atoms in total. The Labute approximate surface area is 162 Å². The smallest absolute Gasteiger partial charge is 0.226 e. The molecule has 2 heterocycles. The lowest BCUT2D eigenvalue weighted by molar-refractivity contribution is -0.134. The lowest BCUT2D eigenvalue weighted by atomic mass is 10.0. The number of carbonyl (C=O) groups excluding carboxylic acids is 1. The molecule has 3 rings (SSSR count). The van der Waals surface area contributed by atoms with E-state index in [4.69, 9.17) is 4.74 Å². The Bertz CT molecular complexity index is 732. The normalized spacial score (nSPS) is 20.7. The van der Waals surface area contributed by atoms with Crippen molar-refractivity contribution in [1.29, 1.82) is 0 Å². The Morgan fingerprint density at radius 3 is 2.04 bits per heavy atom. The molecule has 7 heteroatoms. The average molecular weight is 395 g/mol. The molecule has 1 amide bonds. The summed E-state index contributed by atoms with van der Waals surface area (Å²) in [4.78, 5) is 14.4. The first-order valence-electron chi connectivity index (χ1n) is 9.75. The fraction of sp³-hybridized carbons (Fsp3) is 0.650. The van der Waals surface area contributed by atoms with Gasteiger partial charge in [0.05, 0.1) is 24.9 Å². The maximum Gasteiger partial charge on any atom is 0.226 e. The number of rotatable bonds is 5. The summed E-state index contributed by atoms with van der Waals surface area (Å²) >= 11 is 0. The van der Waals surface area contributed by atoms with Crippen LogP contribution in [0.25, 0.3) is 0 Å². The first-order valence-corrected chi connectivity index (χ1v) is 11.6. The minimum absolute atomic E-state index is 0.128. The number of hydrogen-bond acceptors (Lipinski definition) is 4. The second kappa shape index (κ2) is 8.71. The summed E-state index contributed by atoms with van der Waals surface area (Å²) in [7, 11) is -3.09. The molecule has 0 saturated carbocycles. The minimum atomic E-state index is -3.09. The van der Waals surface area contributed by atoms with Crippen molar-refractivity contribution < 1.29 is 17.9 Å². The van der Waals surface area contributed by atoms with Gasteiger partial charge in [-0.25, -0.2) is 12.7 Å². The SMILES string of the molecule is Cc1ccc(CC(=O)N2CCC(OC3CCN(S(C)(=O)=O)CC3)CC2)cc1. The van der Waals surface area contributed by atoms with Crippen molar-refractivity contribution >= 4 is 15.9 Å². The maximum absolute atomic E-state index is 12.5. The van der Waals surface area contributed by atoms with Crippen molar-refractivity contribution in [2.75, 3.05) is 32.4 Å². The van der Waals surface area contributed by atoms with Crippen LogP contribution in [-0.4, -0.2) is 68.2 Å². The molecule has 150 valence electrons. The van der Waals surface area contributed by atoms with Gasteiger partial charge in [-0.05, 0) is 38.2 Å². The number of sulfonamides is 1. The molecule has 0 aliphatic carbocycles. The van der Waals surface area contributed by atoms with Crippen LogP contribution in [0.4, 0.5) is 0 Å². The van der Waals surface area contributed by atoms with Crippen molar-refractivity contribution in [1.82, 2.24) is 9.21 Å². The first-order chi connectivity index (χ1) is 12.8. The van der Waals surface area contributed by atoms with Crippen LogP contribution >= 0.6 is 0 Å². The molecule has 1 aromatic rings. The summed E-state index contributed by atoms with van der Waals surface area (Å²) in [6.07, 6.45) is 5.22. The van der Waals surface area contributed by atoms with Crippen LogP contribution in [0.3, 0.4) is 0 Å². The third kappa shape index (κ3) is 5.77. The zero-order valence-electron chi connectivity index (χ0n) is 16.3. The van der Waals surface area contributed by atoms with Crippen LogP contribution in [0.1, 0.15) is 36.8 Å². The first kappa shape index (κ1) is 20.3. The maximum atomic E-state index is 12.5. The predicted molar refractivity (Wildman–Crippen MR) is 105 cm³/mol. The van der Waals surface area contributed by atoms with Gasteiger partial charge in [0.2, 0.25) is 15.9 Å². The molecule has 2 saturated heterocycles. The molecule has 2 fully saturated rings. The fourth-order valence-electron chi connectivity index (χ4n) is 3.81. The van der Waals surface area contributed by atoms with E-state index >= 15 is 0 Å². The number of carbonyl (C=O) groups is 1. The highest BCUT2D eigenvalue weighted by Gasteiger charge is 2.29. The standard InChI is InChI=1S/C20H30N2O4S/c1-16-3-5-17(6-4-16)15-20(23)21-11-7-18(8-12-21)26-19-9-13-22(14-10-19)27(2,24)25/h3-6,18-19H,7-15H2,1-2H3. The second-order valence-electron chi connectivity index (χ2n) is 7.74. The van der Waals surface area contributed by atoms with Crippen molar-refractivity contribution in [3.05, 3.63) is 35.4 Å². The van der Waals surface area contributed by atoms with Crippen molar-refractivity contribution in [3.63, 3.8) is 0 Å². The lowest BCUT2D eigenvalue weighted by Gasteiger charge is -2.36. The Kier molecular flexibility index (Phi) is 6.55. The zero-order chi connectivity index (χ0) is 19.4. The van der Waals surface area contributed by atoms with Gasteiger partial charge in [-0.15, -0.1) is 0 Å². The van der Waals surface area contributed by atoms with E-state index in [1.807, 2.05) is 36.1 Å². The Morgan fingerprint density at radius 1 is 1.00 bits per heavy atom. The molecule has 0 unspecified atom stereocenters. The summed E-state index contributed by atoms with van der Waals surface area (Å²) in [5, 5.41) is 0. The average Bonchev–Trinajstić information content (AvgIpc) is 2.64. The monoisotopic (exact) mass is 394 g/mol. The van der Waals surface area contributed by atoms with Gasteiger partial charge in [0.25, 0.3) is 0 Å². The van der Waals surface area contributed by atoms with Gasteiger partial charge in [-0.3, -0.25) is 4.79 Å². The largest absolute Gasteiger partial charge is 0.375 e. The molecule has 0 bridgehead atoms. The number of likely N-dealkylation sites (tertiary alicyclic amines) is 1. The van der Waals surface area contributed by atoms with E-state index in [-0.39, 0.29) is 18.1 Å². The summed E-state index contributed by atoms with van der Waals surface area (Å²) < 4.78 is 30.9. The second-order valence-corrected chi connectivity index (χ2v) is 9.72. The van der Waals surface area contributed by atoms with Crippen LogP contribution in [-0.2, 0) is 26.0 Å². The molecule has 2 aliphatic heterocycles. The van der Waals surface area contributed by atoms with E-state index < -0.39 is 10.0 Å². The van der Waals surface area contributed by atoms with Gasteiger partial charge in [-0.2, -0.15) is 0 Å². The minimum Gasteiger partial charge on any atom is -0.375 e. The summed E-state index contributed by atoms with van der Waals surface area (Å²) in [6, 6.07) is 8.12. The number of hydrogen-bond donors (Lipinski definition) is 0. The van der Waals surface area contributed by atoms with Crippen LogP contribution in [0.5, 0.6) is 0 Å². The van der Waals surface area contributed by atoms with Crippen LogP contribution in [0, 0.1) is 6.92 Å². The van der Waals surface area contributed by atoms with E-state index in [1.165, 1.54) is 16.1 Å². The Hall–Kier alpha value is -1.44. The topological polar surface area (TPSA) is 66.9 Å². The van der Waals surface area contributed by atoms with E-state index in [2.05, 4.69) is 0 Å². The molecular formula is C20H30N2O4S. The Balaban J connectivity index is 1.40. The zero-order valence-corrected chi connectivity index (χ0v) is 17.1. The molecule has 0 atom stereocenters. The van der Waals surface area contributed by atoms with E-state index in [1.54, 1.807) is 0 Å². The van der Waals surface area contributed by atoms with Gasteiger partial charge in [-0.1, -0.05) is 29.8 Å². The summed E-state index contributed by atoms with van der Waals surface area (Å²) in [5.74, 6) is 0.179. The molecule has 0 aromatic heterocycles. The fourth-order valence-corrected chi connectivity index (χ4v) is 4.68. The van der Waals surface area contributed by atoms with Crippen molar-refractivity contribution in [3.8, 4) is 0 Å². The molecular weight excluding hydrogens is 364 g/mol. The van der Waals surface area contributed by atoms with Crippen LogP contribution in [0.15, 0.2) is 24.3 Å². The van der Waals surface area contributed by atoms with Crippen molar-refractivity contribution in [2.45, 2.75) is 51.2 Å². The van der Waals surface area contributed by atoms with Gasteiger partial charge < -0.3 is 9.64 Å². The van der Waals surface area contributed by atoms with Crippen molar-refractivity contribution in [2.24, 2.45) is 0 Å². The number of amides is 1. The summed E-state index contributed by atoms with van der Waals surface area (Å²) in [5.41, 5.74) is 2.26. The van der Waals surface area contributed by atoms with Crippen LogP contribution < -0.4 is 0 Å².